The Balaban J connectivity index is -0.0000000228. The number of hydrogen-bond acceptors (Lipinski definition) is 8. The molecule has 163 valence electrons. The molecule has 9 nitrogen and oxygen atoms in total. The number of ether oxygens (including phenoxy) is 3. The molecule has 0 aromatic rings. The van der Waals surface area contributed by atoms with Crippen LogP contribution in [-0.4, -0.2) is 67.9 Å². The molecule has 2 N–H and O–H groups in total. The smallest absolute Gasteiger partial charge is 0.316 e. The molecule has 0 aromatic heterocycles. The molecule has 0 spiro atoms. The fourth-order valence-corrected chi connectivity index (χ4v) is 0.401. The van der Waals surface area contributed by atoms with E-state index in [2.05, 4.69) is 37.1 Å². The molecule has 0 aliphatic carbocycles. The zero-order chi connectivity index (χ0) is 20.6. The number of esters is 3. The third-order valence-corrected chi connectivity index (χ3v) is 1.71. The zero-order valence-electron chi connectivity index (χ0n) is 16.4. The molecule has 0 fully saturated rings. The van der Waals surface area contributed by atoms with Gasteiger partial charge in [-0.3, -0.25) is 38.9 Å². The zero-order valence-corrected chi connectivity index (χ0v) is 26.5. The Kier molecular flexibility index (Phi) is 115. The van der Waals surface area contributed by atoms with Gasteiger partial charge >= 0.3 is 5.97 Å². The quantitative estimate of drug-likeness (QED) is 0.194. The first-order chi connectivity index (χ1) is 11.2. The van der Waals surface area contributed by atoms with Gasteiger partial charge in [0.2, 0.25) is 0 Å². The molecular weight excluding hydrogens is 671 g/mol. The van der Waals surface area contributed by atoms with Crippen LogP contribution >= 0.6 is 15.9 Å². The minimum atomic E-state index is -0.870. The van der Waals surface area contributed by atoms with Crippen molar-refractivity contribution in [1.82, 2.24) is 0 Å². The number of methoxy groups -OCH3 is 3. The van der Waals surface area contributed by atoms with Crippen LogP contribution in [0, 0.1) is 19.8 Å². The molecule has 0 rings (SSSR count). The summed E-state index contributed by atoms with van der Waals surface area (Å²) in [5.74, 6) is -1.89. The minimum Gasteiger partial charge on any atom is -0.503 e. The maximum atomic E-state index is 9.91. The number of alkyl halides is 1. The predicted octanol–water partition coefficient (Wildman–Crippen LogP) is 1.46. The van der Waals surface area contributed by atoms with Crippen molar-refractivity contribution in [2.45, 2.75) is 21.3 Å². The molecule has 0 heterocycles. The summed E-state index contributed by atoms with van der Waals surface area (Å²) in [6.45, 7) is 6.00. The third-order valence-electron chi connectivity index (χ3n) is 1.25. The van der Waals surface area contributed by atoms with E-state index in [1.165, 1.54) is 34.7 Å². The summed E-state index contributed by atoms with van der Waals surface area (Å²) in [4.78, 5) is 38.6. The normalized spacial score (nSPS) is 5.71. The van der Waals surface area contributed by atoms with E-state index in [-0.39, 0.29) is 123 Å². The molecule has 0 amide bonds. The number of halogens is 1. The number of carboxylic acid groups (broad SMARTS) is 1. The van der Waals surface area contributed by atoms with Crippen LogP contribution in [0.3, 0.4) is 0 Å². The molecule has 0 saturated carbocycles. The van der Waals surface area contributed by atoms with Crippen LogP contribution in [0.25, 0.3) is 0 Å². The molecular formula is C15H30BrO9Y3-3. The number of carbonyl (C=O) groups is 4. The van der Waals surface area contributed by atoms with Gasteiger partial charge in [-0.25, -0.2) is 0 Å². The largest absolute Gasteiger partial charge is 0.503 e. The van der Waals surface area contributed by atoms with Gasteiger partial charge in [0.05, 0.1) is 21.3 Å². The molecule has 28 heavy (non-hydrogen) atoms. The van der Waals surface area contributed by atoms with E-state index >= 15 is 0 Å². The fourth-order valence-electron chi connectivity index (χ4n) is 0.172. The van der Waals surface area contributed by atoms with Crippen molar-refractivity contribution < 1.29 is 142 Å². The van der Waals surface area contributed by atoms with Gasteiger partial charge in [0, 0.05) is 105 Å². The van der Waals surface area contributed by atoms with E-state index in [9.17, 15) is 19.2 Å². The molecule has 0 unspecified atom stereocenters. The Bertz CT molecular complexity index is 279. The van der Waals surface area contributed by atoms with Crippen molar-refractivity contribution in [2.75, 3.05) is 33.8 Å². The summed E-state index contributed by atoms with van der Waals surface area (Å²) < 4.78 is 12.4. The standard InChI is InChI=1S/C4H7O2.C3H5BrO2.2C3H5O2.CH4O.CH4.3Y/c1-3-4(5)6-2;1-6-3(5)2-4;1-3(4)5-2;1-2-3(4)5;1-2;;;;/h3H,1-2H3;2H2,1H3;1H2,2H3;2H,1H3,(H,4,5);2H,1H3;1H4;;;/q-1;;2*-1;;;;;. The van der Waals surface area contributed by atoms with Gasteiger partial charge < -0.3 is 24.4 Å². The number of aliphatic hydroxyl groups excluding tert-OH is 1. The van der Waals surface area contributed by atoms with Crippen LogP contribution in [0.2, 0.25) is 0 Å². The second kappa shape index (κ2) is 56.6. The second-order valence-electron chi connectivity index (χ2n) is 2.72. The molecule has 3 radical (unpaired) electrons. The summed E-state index contributed by atoms with van der Waals surface area (Å²) in [6, 6.07) is 0. The summed E-state index contributed by atoms with van der Waals surface area (Å²) >= 11 is 2.90. The van der Waals surface area contributed by atoms with Crippen LogP contribution < -0.4 is 0 Å². The van der Waals surface area contributed by atoms with Crippen LogP contribution in [0.4, 0.5) is 0 Å². The molecule has 13 heteroatoms. The van der Waals surface area contributed by atoms with Crippen LogP contribution in [0.5, 0.6) is 0 Å². The summed E-state index contributed by atoms with van der Waals surface area (Å²) in [6.07, 6.45) is 2.44. The maximum Gasteiger partial charge on any atom is 0.316 e. The van der Waals surface area contributed by atoms with Crippen molar-refractivity contribution in [3.63, 3.8) is 0 Å². The van der Waals surface area contributed by atoms with Crippen molar-refractivity contribution in [3.8, 4) is 0 Å². The Labute approximate surface area is 252 Å². The number of aliphatic carboxylic acids is 1. The van der Waals surface area contributed by atoms with Gasteiger partial charge in [-0.1, -0.05) is 23.4 Å². The van der Waals surface area contributed by atoms with Gasteiger partial charge in [-0.2, -0.15) is 13.8 Å². The topological polar surface area (TPSA) is 136 Å². The van der Waals surface area contributed by atoms with Crippen molar-refractivity contribution in [3.05, 3.63) is 19.8 Å². The van der Waals surface area contributed by atoms with E-state index in [1.54, 1.807) is 6.92 Å². The Morgan fingerprint density at radius 1 is 0.893 bits per heavy atom. The number of carbonyl (C=O) groups excluding carboxylic acids is 3. The molecule has 0 aliphatic rings. The summed E-state index contributed by atoms with van der Waals surface area (Å²) in [7, 11) is 4.99. The Morgan fingerprint density at radius 2 is 1.18 bits per heavy atom. The van der Waals surface area contributed by atoms with Gasteiger partial charge in [0.25, 0.3) is 0 Å². The van der Waals surface area contributed by atoms with Gasteiger partial charge in [0.1, 0.15) is 5.33 Å². The predicted molar refractivity (Wildman–Crippen MR) is 97.7 cm³/mol. The Hall–Kier alpha value is 1.24. The molecule has 0 bridgehead atoms. The van der Waals surface area contributed by atoms with Crippen LogP contribution in [0.15, 0.2) is 0 Å². The average Bonchev–Trinajstić information content (AvgIpc) is 2.63. The second-order valence-corrected chi connectivity index (χ2v) is 3.29. The third kappa shape index (κ3) is 107. The molecule has 0 saturated heterocycles. The number of aliphatic hydroxyl groups is 1. The first-order valence-corrected chi connectivity index (χ1v) is 7.15. The molecule has 0 atom stereocenters. The van der Waals surface area contributed by atoms with E-state index in [1.807, 2.05) is 0 Å². The van der Waals surface area contributed by atoms with Gasteiger partial charge in [-0.15, -0.1) is 0 Å². The van der Waals surface area contributed by atoms with Gasteiger partial charge in [-0.05, 0) is 0 Å². The fraction of sp³-hybridized carbons (Fsp3) is 0.533. The summed E-state index contributed by atoms with van der Waals surface area (Å²) in [5.41, 5.74) is 0. The number of carboxylic acids is 1. The SMILES string of the molecule is C.CO.COC(=O)CBr.C[CH-]C(=O)O.C[CH-]C(=O)OC.[CH2-]C(=O)OC.[Y].[Y].[Y]. The first kappa shape index (κ1) is 56.9. The minimum absolute atomic E-state index is 0. The number of hydrogen-bond donors (Lipinski definition) is 2. The summed E-state index contributed by atoms with van der Waals surface area (Å²) in [5, 5.41) is 14.9. The van der Waals surface area contributed by atoms with Crippen LogP contribution in [0.1, 0.15) is 21.3 Å². The van der Waals surface area contributed by atoms with Crippen LogP contribution in [-0.2, 0) is 132 Å². The van der Waals surface area contributed by atoms with E-state index in [0.29, 0.717) is 0 Å². The average molecular weight is 701 g/mol. The van der Waals surface area contributed by atoms with Crippen molar-refractivity contribution >= 4 is 39.8 Å². The Morgan fingerprint density at radius 3 is 1.18 bits per heavy atom. The van der Waals surface area contributed by atoms with E-state index < -0.39 is 11.9 Å². The first-order valence-electron chi connectivity index (χ1n) is 6.03. The molecule has 0 aliphatic heterocycles. The molecule has 0 aromatic carbocycles. The van der Waals surface area contributed by atoms with Gasteiger partial charge in [0.15, 0.2) is 17.9 Å². The van der Waals surface area contributed by atoms with Crippen molar-refractivity contribution in [2.24, 2.45) is 0 Å². The van der Waals surface area contributed by atoms with Crippen molar-refractivity contribution in [1.29, 1.82) is 0 Å². The maximum absolute atomic E-state index is 9.91. The van der Waals surface area contributed by atoms with E-state index in [0.717, 1.165) is 13.5 Å². The monoisotopic (exact) mass is 700 g/mol. The number of rotatable bonds is 3. The van der Waals surface area contributed by atoms with E-state index in [4.69, 9.17) is 10.2 Å².